The molecular formula is C29H54O4. The smallest absolute Gasteiger partial charge is 0.308 e. The van der Waals surface area contributed by atoms with Gasteiger partial charge in [-0.05, 0) is 38.5 Å². The van der Waals surface area contributed by atoms with E-state index in [9.17, 15) is 9.59 Å². The number of hydrogen-bond donors (Lipinski definition) is 0. The van der Waals surface area contributed by atoms with Crippen molar-refractivity contribution in [2.45, 2.75) is 149 Å². The van der Waals surface area contributed by atoms with Gasteiger partial charge in [0.15, 0.2) is 0 Å². The van der Waals surface area contributed by atoms with Gasteiger partial charge in [0, 0.05) is 0 Å². The van der Waals surface area contributed by atoms with E-state index in [1.807, 2.05) is 0 Å². The first-order valence-corrected chi connectivity index (χ1v) is 14.5. The Hall–Kier alpha value is -1.06. The summed E-state index contributed by atoms with van der Waals surface area (Å²) in [4.78, 5) is 24.6. The van der Waals surface area contributed by atoms with Gasteiger partial charge in [-0.15, -0.1) is 0 Å². The summed E-state index contributed by atoms with van der Waals surface area (Å²) < 4.78 is 11.0. The third kappa shape index (κ3) is 16.2. The standard InChI is InChI=1S/C29H54O4/c1-3-5-7-9-11-13-15-17-19-25-33-29(31)27-22-20-26(21-23-27)28(30)32-24-18-16-14-12-10-8-6-4-2/h26-27H,3-25H2,1-2H3. The maximum atomic E-state index is 12.3. The van der Waals surface area contributed by atoms with Gasteiger partial charge in [-0.2, -0.15) is 0 Å². The van der Waals surface area contributed by atoms with Crippen molar-refractivity contribution >= 4 is 11.9 Å². The highest BCUT2D eigenvalue weighted by Gasteiger charge is 2.31. The van der Waals surface area contributed by atoms with E-state index < -0.39 is 0 Å². The third-order valence-electron chi connectivity index (χ3n) is 7.13. The van der Waals surface area contributed by atoms with E-state index in [1.54, 1.807) is 0 Å². The minimum absolute atomic E-state index is 0.0274. The summed E-state index contributed by atoms with van der Waals surface area (Å²) in [6.07, 6.45) is 24.4. The Bertz CT molecular complexity index is 468. The number of unbranched alkanes of at least 4 members (excludes halogenated alkanes) is 15. The predicted octanol–water partition coefficient (Wildman–Crippen LogP) is 8.55. The van der Waals surface area contributed by atoms with Crippen molar-refractivity contribution in [3.05, 3.63) is 0 Å². The van der Waals surface area contributed by atoms with E-state index in [1.165, 1.54) is 83.5 Å². The van der Waals surface area contributed by atoms with Crippen LogP contribution < -0.4 is 0 Å². The zero-order valence-electron chi connectivity index (χ0n) is 22.1. The Morgan fingerprint density at radius 1 is 0.485 bits per heavy atom. The molecule has 0 saturated heterocycles. The average molecular weight is 467 g/mol. The Morgan fingerprint density at radius 3 is 1.06 bits per heavy atom. The Morgan fingerprint density at radius 2 is 0.758 bits per heavy atom. The number of carbonyl (C=O) groups excluding carboxylic acids is 2. The molecule has 0 bridgehead atoms. The molecule has 194 valence electrons. The summed E-state index contributed by atoms with van der Waals surface area (Å²) in [5.41, 5.74) is 0. The van der Waals surface area contributed by atoms with Gasteiger partial charge in [-0.3, -0.25) is 9.59 Å². The van der Waals surface area contributed by atoms with Crippen LogP contribution in [0.3, 0.4) is 0 Å². The van der Waals surface area contributed by atoms with Crippen molar-refractivity contribution in [2.24, 2.45) is 11.8 Å². The maximum Gasteiger partial charge on any atom is 0.308 e. The maximum absolute atomic E-state index is 12.3. The highest BCUT2D eigenvalue weighted by Crippen LogP contribution is 2.30. The molecule has 1 rings (SSSR count). The summed E-state index contributed by atoms with van der Waals surface area (Å²) >= 11 is 0. The summed E-state index contributed by atoms with van der Waals surface area (Å²) in [5.74, 6) is -0.166. The highest BCUT2D eigenvalue weighted by molar-refractivity contribution is 5.75. The monoisotopic (exact) mass is 466 g/mol. The second kappa shape index (κ2) is 21.5. The van der Waals surface area contributed by atoms with Crippen LogP contribution in [0.5, 0.6) is 0 Å². The number of hydrogen-bond acceptors (Lipinski definition) is 4. The fraction of sp³-hybridized carbons (Fsp3) is 0.931. The molecule has 0 atom stereocenters. The number of carbonyl (C=O) groups is 2. The first kappa shape index (κ1) is 30.0. The molecule has 1 saturated carbocycles. The molecule has 0 aromatic carbocycles. The number of rotatable bonds is 21. The molecule has 0 unspecified atom stereocenters. The summed E-state index contributed by atoms with van der Waals surface area (Å²) in [5, 5.41) is 0. The van der Waals surface area contributed by atoms with Gasteiger partial charge >= 0.3 is 11.9 Å². The molecule has 4 nitrogen and oxygen atoms in total. The van der Waals surface area contributed by atoms with E-state index in [0.717, 1.165) is 51.4 Å². The molecule has 0 aromatic rings. The molecule has 1 aliphatic rings. The van der Waals surface area contributed by atoms with Gasteiger partial charge in [-0.1, -0.05) is 110 Å². The Balaban J connectivity index is 1.96. The topological polar surface area (TPSA) is 52.6 Å². The summed E-state index contributed by atoms with van der Waals surface area (Å²) in [6.45, 7) is 5.59. The molecule has 0 N–H and O–H groups in total. The van der Waals surface area contributed by atoms with Crippen LogP contribution in [0.4, 0.5) is 0 Å². The normalized spacial score (nSPS) is 18.2. The van der Waals surface area contributed by atoms with Crippen molar-refractivity contribution in [1.82, 2.24) is 0 Å². The molecule has 4 heteroatoms. The predicted molar refractivity (Wildman–Crippen MR) is 137 cm³/mol. The lowest BCUT2D eigenvalue weighted by Gasteiger charge is -2.26. The fourth-order valence-electron chi connectivity index (χ4n) is 4.79. The van der Waals surface area contributed by atoms with Crippen molar-refractivity contribution in [2.75, 3.05) is 13.2 Å². The summed E-state index contributed by atoms with van der Waals surface area (Å²) in [7, 11) is 0. The van der Waals surface area contributed by atoms with Crippen molar-refractivity contribution in [3.63, 3.8) is 0 Å². The molecule has 0 spiro atoms. The van der Waals surface area contributed by atoms with E-state index in [2.05, 4.69) is 13.8 Å². The molecule has 0 aliphatic heterocycles. The second-order valence-electron chi connectivity index (χ2n) is 10.2. The molecule has 33 heavy (non-hydrogen) atoms. The Kier molecular flexibility index (Phi) is 19.5. The lowest BCUT2D eigenvalue weighted by molar-refractivity contribution is -0.155. The zero-order valence-corrected chi connectivity index (χ0v) is 22.1. The van der Waals surface area contributed by atoms with E-state index >= 15 is 0 Å². The van der Waals surface area contributed by atoms with Crippen LogP contribution in [0.25, 0.3) is 0 Å². The van der Waals surface area contributed by atoms with Crippen LogP contribution in [0.1, 0.15) is 149 Å². The van der Waals surface area contributed by atoms with Crippen molar-refractivity contribution < 1.29 is 19.1 Å². The third-order valence-corrected chi connectivity index (χ3v) is 7.13. The van der Waals surface area contributed by atoms with Gasteiger partial charge in [0.1, 0.15) is 0 Å². The molecule has 0 heterocycles. The van der Waals surface area contributed by atoms with Crippen molar-refractivity contribution in [1.29, 1.82) is 0 Å². The second-order valence-corrected chi connectivity index (χ2v) is 10.2. The van der Waals surface area contributed by atoms with Crippen LogP contribution in [0.2, 0.25) is 0 Å². The lowest BCUT2D eigenvalue weighted by Crippen LogP contribution is -2.28. The number of esters is 2. The van der Waals surface area contributed by atoms with Gasteiger partial charge in [-0.25, -0.2) is 0 Å². The molecule has 0 amide bonds. The Labute approximate surface area is 205 Å². The van der Waals surface area contributed by atoms with Gasteiger partial charge < -0.3 is 9.47 Å². The van der Waals surface area contributed by atoms with E-state index in [4.69, 9.17) is 9.47 Å². The van der Waals surface area contributed by atoms with Crippen LogP contribution in [-0.2, 0) is 19.1 Å². The van der Waals surface area contributed by atoms with Crippen LogP contribution in [0, 0.1) is 11.8 Å². The quantitative estimate of drug-likeness (QED) is 0.126. The highest BCUT2D eigenvalue weighted by atomic mass is 16.5. The van der Waals surface area contributed by atoms with E-state index in [-0.39, 0.29) is 23.8 Å². The van der Waals surface area contributed by atoms with Gasteiger partial charge in [0.2, 0.25) is 0 Å². The minimum Gasteiger partial charge on any atom is -0.465 e. The molecule has 0 radical (unpaired) electrons. The number of ether oxygens (including phenoxy) is 2. The van der Waals surface area contributed by atoms with Gasteiger partial charge in [0.05, 0.1) is 25.0 Å². The summed E-state index contributed by atoms with van der Waals surface area (Å²) in [6, 6.07) is 0. The molecular weight excluding hydrogens is 412 g/mol. The zero-order chi connectivity index (χ0) is 24.0. The van der Waals surface area contributed by atoms with Gasteiger partial charge in [0.25, 0.3) is 0 Å². The van der Waals surface area contributed by atoms with Crippen LogP contribution in [-0.4, -0.2) is 25.2 Å². The lowest BCUT2D eigenvalue weighted by atomic mass is 9.82. The molecule has 1 aliphatic carbocycles. The molecule has 0 aromatic heterocycles. The first-order valence-electron chi connectivity index (χ1n) is 14.5. The van der Waals surface area contributed by atoms with Crippen LogP contribution in [0.15, 0.2) is 0 Å². The molecule has 1 fully saturated rings. The largest absolute Gasteiger partial charge is 0.465 e. The average Bonchev–Trinajstić information content (AvgIpc) is 2.84. The SMILES string of the molecule is CCCCCCCCCCCOC(=O)C1CCC(C(=O)OCCCCCCCCCC)CC1. The first-order chi connectivity index (χ1) is 16.2. The van der Waals surface area contributed by atoms with E-state index in [0.29, 0.717) is 13.2 Å². The van der Waals surface area contributed by atoms with Crippen LogP contribution >= 0.6 is 0 Å². The minimum atomic E-state index is -0.0561. The fourth-order valence-corrected chi connectivity index (χ4v) is 4.79. The van der Waals surface area contributed by atoms with Crippen molar-refractivity contribution in [3.8, 4) is 0 Å².